The molecule has 0 bridgehead atoms. The van der Waals surface area contributed by atoms with Crippen LogP contribution in [0.3, 0.4) is 0 Å². The highest BCUT2D eigenvalue weighted by atomic mass is 79.9. The third-order valence-electron chi connectivity index (χ3n) is 5.39. The summed E-state index contributed by atoms with van der Waals surface area (Å²) in [6.45, 7) is 1.25. The zero-order valence-electron chi connectivity index (χ0n) is 16.9. The van der Waals surface area contributed by atoms with Crippen LogP contribution in [0.25, 0.3) is 0 Å². The van der Waals surface area contributed by atoms with Crippen molar-refractivity contribution in [2.24, 2.45) is 5.92 Å². The number of carboxylic acid groups (broad SMARTS) is 1. The van der Waals surface area contributed by atoms with Crippen LogP contribution in [-0.2, 0) is 4.79 Å². The molecule has 6 nitrogen and oxygen atoms in total. The lowest BCUT2D eigenvalue weighted by atomic mass is 9.90. The molecule has 1 aliphatic rings. The maximum atomic E-state index is 11.7. The number of hydrogen-bond acceptors (Lipinski definition) is 5. The van der Waals surface area contributed by atoms with E-state index < -0.39 is 11.9 Å². The second-order valence-electron chi connectivity index (χ2n) is 7.07. The van der Waals surface area contributed by atoms with Gasteiger partial charge in [0.15, 0.2) is 0 Å². The van der Waals surface area contributed by atoms with Gasteiger partial charge in [-0.15, -0.1) is 0 Å². The average Bonchev–Trinajstić information content (AvgIpc) is 2.74. The van der Waals surface area contributed by atoms with Crippen LogP contribution < -0.4 is 14.2 Å². The molecule has 0 radical (unpaired) electrons. The molecule has 1 fully saturated rings. The van der Waals surface area contributed by atoms with Gasteiger partial charge in [-0.05, 0) is 49.7 Å². The minimum Gasteiger partial charge on any atom is -0.497 e. The summed E-state index contributed by atoms with van der Waals surface area (Å²) >= 11 is 3.56. The molecule has 0 aliphatic carbocycles. The number of halogens is 1. The Hall–Kier alpha value is -2.25. The molecule has 0 saturated carbocycles. The zero-order valence-corrected chi connectivity index (χ0v) is 18.4. The van der Waals surface area contributed by atoms with E-state index in [4.69, 9.17) is 14.2 Å². The van der Waals surface area contributed by atoms with E-state index in [-0.39, 0.29) is 6.04 Å². The number of piperidine rings is 1. The number of rotatable bonds is 7. The Morgan fingerprint density at radius 1 is 1.07 bits per heavy atom. The first-order valence-electron chi connectivity index (χ1n) is 9.50. The van der Waals surface area contributed by atoms with Crippen LogP contribution in [0.2, 0.25) is 0 Å². The molecule has 2 aromatic carbocycles. The number of hydrogen-bond donors (Lipinski definition) is 1. The largest absolute Gasteiger partial charge is 0.497 e. The fourth-order valence-corrected chi connectivity index (χ4v) is 4.35. The summed E-state index contributed by atoms with van der Waals surface area (Å²) in [4.78, 5) is 13.9. The topological polar surface area (TPSA) is 68.2 Å². The second-order valence-corrected chi connectivity index (χ2v) is 7.98. The molecule has 2 aromatic rings. The van der Waals surface area contributed by atoms with Gasteiger partial charge in [-0.25, -0.2) is 0 Å². The van der Waals surface area contributed by atoms with Gasteiger partial charge in [-0.2, -0.15) is 0 Å². The summed E-state index contributed by atoms with van der Waals surface area (Å²) in [7, 11) is 4.89. The Labute approximate surface area is 179 Å². The summed E-state index contributed by atoms with van der Waals surface area (Å²) in [6, 6.07) is 11.4. The number of nitrogens with zero attached hydrogens (tertiary/aromatic N) is 1. The number of carboxylic acids is 1. The van der Waals surface area contributed by atoms with Crippen molar-refractivity contribution < 1.29 is 24.1 Å². The van der Waals surface area contributed by atoms with Gasteiger partial charge in [0.25, 0.3) is 0 Å². The van der Waals surface area contributed by atoms with Gasteiger partial charge in [0.1, 0.15) is 17.2 Å². The summed E-state index contributed by atoms with van der Waals surface area (Å²) in [6.07, 6.45) is 1.51. The molecule has 1 aliphatic heterocycles. The number of carbonyl (C=O) groups is 1. The van der Waals surface area contributed by atoms with Crippen molar-refractivity contribution in [1.82, 2.24) is 4.90 Å². The van der Waals surface area contributed by atoms with Gasteiger partial charge in [-0.3, -0.25) is 9.69 Å². The summed E-state index contributed by atoms with van der Waals surface area (Å²) in [5, 5.41) is 9.59. The monoisotopic (exact) mass is 463 g/mol. The minimum atomic E-state index is -0.753. The molecule has 2 atom stereocenters. The van der Waals surface area contributed by atoms with E-state index in [0.717, 1.165) is 34.3 Å². The molecular weight excluding hydrogens is 438 g/mol. The van der Waals surface area contributed by atoms with Crippen LogP contribution in [0.1, 0.15) is 30.0 Å². The van der Waals surface area contributed by atoms with E-state index in [9.17, 15) is 9.90 Å². The van der Waals surface area contributed by atoms with Gasteiger partial charge in [0.2, 0.25) is 0 Å². The van der Waals surface area contributed by atoms with Crippen molar-refractivity contribution in [3.05, 3.63) is 52.0 Å². The van der Waals surface area contributed by atoms with E-state index in [1.807, 2.05) is 36.4 Å². The predicted octanol–water partition coefficient (Wildman–Crippen LogP) is 4.36. The molecule has 1 heterocycles. The van der Waals surface area contributed by atoms with E-state index in [2.05, 4.69) is 20.8 Å². The number of benzene rings is 2. The predicted molar refractivity (Wildman–Crippen MR) is 114 cm³/mol. The van der Waals surface area contributed by atoms with Crippen LogP contribution in [0.15, 0.2) is 40.9 Å². The summed E-state index contributed by atoms with van der Waals surface area (Å²) in [5.74, 6) is 0.986. The lowest BCUT2D eigenvalue weighted by Crippen LogP contribution is -2.41. The van der Waals surface area contributed by atoms with Crippen LogP contribution in [0.4, 0.5) is 0 Å². The minimum absolute atomic E-state index is 0.217. The first-order chi connectivity index (χ1) is 14.0. The Morgan fingerprint density at radius 2 is 1.83 bits per heavy atom. The second kappa shape index (κ2) is 9.50. The van der Waals surface area contributed by atoms with E-state index in [1.54, 1.807) is 21.3 Å². The van der Waals surface area contributed by atoms with Crippen molar-refractivity contribution in [3.63, 3.8) is 0 Å². The maximum Gasteiger partial charge on any atom is 0.307 e. The van der Waals surface area contributed by atoms with Gasteiger partial charge in [0.05, 0.1) is 33.3 Å². The normalized spacial score (nSPS) is 18.1. The smallest absolute Gasteiger partial charge is 0.307 e. The Balaban J connectivity index is 2.15. The highest BCUT2D eigenvalue weighted by Crippen LogP contribution is 2.42. The number of methoxy groups -OCH3 is 3. The number of likely N-dealkylation sites (tertiary alicyclic amines) is 1. The highest BCUT2D eigenvalue weighted by Gasteiger charge is 2.34. The van der Waals surface area contributed by atoms with Gasteiger partial charge in [0, 0.05) is 28.2 Å². The first-order valence-corrected chi connectivity index (χ1v) is 10.3. The standard InChI is InChI=1S/C22H26BrNO5/c1-27-16-7-8-17(20(12-16)29-3)21(18-11-15(23)6-9-19(18)28-2)24-10-4-5-14(13-24)22(25)26/h6-9,11-12,14,21H,4-5,10,13H2,1-3H3,(H,25,26). The number of ether oxygens (including phenoxy) is 3. The first kappa shape index (κ1) is 21.5. The van der Waals surface area contributed by atoms with E-state index in [0.29, 0.717) is 24.5 Å². The Bertz CT molecular complexity index is 872. The van der Waals surface area contributed by atoms with Crippen molar-refractivity contribution in [2.75, 3.05) is 34.4 Å². The van der Waals surface area contributed by atoms with Crippen LogP contribution in [0.5, 0.6) is 17.2 Å². The molecule has 29 heavy (non-hydrogen) atoms. The molecule has 3 rings (SSSR count). The molecule has 1 saturated heterocycles. The fraction of sp³-hybridized carbons (Fsp3) is 0.409. The summed E-state index contributed by atoms with van der Waals surface area (Å²) in [5.41, 5.74) is 1.90. The average molecular weight is 464 g/mol. The van der Waals surface area contributed by atoms with E-state index >= 15 is 0 Å². The summed E-state index contributed by atoms with van der Waals surface area (Å²) < 4.78 is 17.6. The van der Waals surface area contributed by atoms with Crippen LogP contribution >= 0.6 is 15.9 Å². The Kier molecular flexibility index (Phi) is 7.03. The molecule has 156 valence electrons. The third-order valence-corrected chi connectivity index (χ3v) is 5.88. The van der Waals surface area contributed by atoms with Gasteiger partial charge in [-0.1, -0.05) is 15.9 Å². The van der Waals surface area contributed by atoms with Crippen molar-refractivity contribution >= 4 is 21.9 Å². The van der Waals surface area contributed by atoms with Gasteiger partial charge >= 0.3 is 5.97 Å². The molecule has 7 heteroatoms. The van der Waals surface area contributed by atoms with Crippen LogP contribution in [0, 0.1) is 5.92 Å². The molecule has 0 amide bonds. The Morgan fingerprint density at radius 3 is 2.48 bits per heavy atom. The quantitative estimate of drug-likeness (QED) is 0.657. The molecule has 0 spiro atoms. The highest BCUT2D eigenvalue weighted by molar-refractivity contribution is 9.10. The maximum absolute atomic E-state index is 11.7. The lowest BCUT2D eigenvalue weighted by Gasteiger charge is -2.38. The van der Waals surface area contributed by atoms with Crippen molar-refractivity contribution in [2.45, 2.75) is 18.9 Å². The third kappa shape index (κ3) is 4.67. The van der Waals surface area contributed by atoms with Crippen molar-refractivity contribution in [1.29, 1.82) is 0 Å². The van der Waals surface area contributed by atoms with Crippen LogP contribution in [-0.4, -0.2) is 50.4 Å². The molecule has 2 unspecified atom stereocenters. The van der Waals surface area contributed by atoms with Gasteiger partial charge < -0.3 is 19.3 Å². The lowest BCUT2D eigenvalue weighted by molar-refractivity contribution is -0.143. The molecule has 1 N–H and O–H groups in total. The van der Waals surface area contributed by atoms with E-state index in [1.165, 1.54) is 0 Å². The molecular formula is C22H26BrNO5. The number of aliphatic carboxylic acids is 1. The fourth-order valence-electron chi connectivity index (χ4n) is 3.97. The van der Waals surface area contributed by atoms with Crippen molar-refractivity contribution in [3.8, 4) is 17.2 Å². The SMILES string of the molecule is COc1ccc(C(c2cc(Br)ccc2OC)N2CCCC(C(=O)O)C2)c(OC)c1. The molecule has 0 aromatic heterocycles. The zero-order chi connectivity index (χ0) is 21.0.